The Morgan fingerprint density at radius 2 is 1.94 bits per heavy atom. The Balaban J connectivity index is 2.00. The molecule has 1 N–H and O–H groups in total. The number of rotatable bonds is 6. The molecule has 0 amide bonds. The maximum absolute atomic E-state index is 12.9. The molecule has 1 aliphatic carbocycles. The summed E-state index contributed by atoms with van der Waals surface area (Å²) in [5.74, 6) is 0.299. The molecule has 0 bridgehead atoms. The van der Waals surface area contributed by atoms with Crippen LogP contribution in [0.3, 0.4) is 0 Å². The first-order valence-electron chi connectivity index (χ1n) is 6.75. The molecule has 18 heavy (non-hydrogen) atoms. The lowest BCUT2D eigenvalue weighted by atomic mass is 10.0. The smallest absolute Gasteiger partial charge is 0.123 e. The molecular formula is C15H22FNO. The van der Waals surface area contributed by atoms with Gasteiger partial charge in [0.15, 0.2) is 0 Å². The summed E-state index contributed by atoms with van der Waals surface area (Å²) in [6.07, 6.45) is 3.05. The molecule has 0 spiro atoms. The minimum absolute atomic E-state index is 0.200. The van der Waals surface area contributed by atoms with Crippen LogP contribution in [0.15, 0.2) is 24.3 Å². The van der Waals surface area contributed by atoms with Crippen LogP contribution in [0.2, 0.25) is 0 Å². The summed E-state index contributed by atoms with van der Waals surface area (Å²) in [6.45, 7) is 2.81. The molecule has 1 fully saturated rings. The van der Waals surface area contributed by atoms with Gasteiger partial charge in [0.1, 0.15) is 5.82 Å². The molecule has 0 heterocycles. The molecule has 3 heteroatoms. The monoisotopic (exact) mass is 251 g/mol. The van der Waals surface area contributed by atoms with Gasteiger partial charge < -0.3 is 5.11 Å². The lowest BCUT2D eigenvalue weighted by Gasteiger charge is -2.29. The molecule has 100 valence electrons. The van der Waals surface area contributed by atoms with E-state index in [1.165, 1.54) is 12.1 Å². The van der Waals surface area contributed by atoms with Gasteiger partial charge in [0, 0.05) is 12.6 Å². The molecule has 0 aliphatic heterocycles. The van der Waals surface area contributed by atoms with Crippen molar-refractivity contribution >= 4 is 0 Å². The van der Waals surface area contributed by atoms with Gasteiger partial charge in [-0.3, -0.25) is 4.90 Å². The van der Waals surface area contributed by atoms with E-state index in [0.29, 0.717) is 12.5 Å². The van der Waals surface area contributed by atoms with Crippen molar-refractivity contribution < 1.29 is 9.50 Å². The number of nitrogens with zero attached hydrogens (tertiary/aromatic N) is 1. The zero-order valence-corrected chi connectivity index (χ0v) is 11.1. The van der Waals surface area contributed by atoms with Crippen LogP contribution in [0.4, 0.5) is 4.39 Å². The fraction of sp³-hybridized carbons (Fsp3) is 0.600. The number of benzene rings is 1. The number of aliphatic hydroxyl groups excluding tert-OH is 1. The van der Waals surface area contributed by atoms with Gasteiger partial charge in [-0.15, -0.1) is 0 Å². The van der Waals surface area contributed by atoms with Crippen LogP contribution in [0.1, 0.15) is 37.8 Å². The van der Waals surface area contributed by atoms with Gasteiger partial charge in [0.2, 0.25) is 0 Å². The van der Waals surface area contributed by atoms with Crippen molar-refractivity contribution in [1.29, 1.82) is 0 Å². The third-order valence-corrected chi connectivity index (χ3v) is 3.81. The van der Waals surface area contributed by atoms with Crippen molar-refractivity contribution in [3.8, 4) is 0 Å². The molecule has 0 saturated heterocycles. The van der Waals surface area contributed by atoms with E-state index >= 15 is 0 Å². The zero-order chi connectivity index (χ0) is 13.1. The highest BCUT2D eigenvalue weighted by Crippen LogP contribution is 2.34. The van der Waals surface area contributed by atoms with Gasteiger partial charge in [0.25, 0.3) is 0 Å². The molecule has 1 aliphatic rings. The summed E-state index contributed by atoms with van der Waals surface area (Å²) in [6, 6.07) is 6.93. The van der Waals surface area contributed by atoms with E-state index in [0.717, 1.165) is 24.8 Å². The van der Waals surface area contributed by atoms with E-state index in [9.17, 15) is 9.50 Å². The molecule has 0 aromatic heterocycles. The maximum atomic E-state index is 12.9. The molecule has 2 unspecified atom stereocenters. The van der Waals surface area contributed by atoms with Crippen LogP contribution in [0.5, 0.6) is 0 Å². The highest BCUT2D eigenvalue weighted by molar-refractivity contribution is 5.20. The van der Waals surface area contributed by atoms with E-state index in [-0.39, 0.29) is 18.0 Å². The Morgan fingerprint density at radius 1 is 1.33 bits per heavy atom. The molecule has 1 aromatic rings. The normalized spacial score (nSPS) is 18.9. The Morgan fingerprint density at radius 3 is 2.44 bits per heavy atom. The van der Waals surface area contributed by atoms with E-state index in [2.05, 4.69) is 11.8 Å². The van der Waals surface area contributed by atoms with Gasteiger partial charge in [0.05, 0.1) is 6.10 Å². The summed E-state index contributed by atoms with van der Waals surface area (Å²) in [7, 11) is 2.03. The first kappa shape index (κ1) is 13.5. The Kier molecular flexibility index (Phi) is 4.36. The number of aliphatic hydroxyl groups is 1. The third-order valence-electron chi connectivity index (χ3n) is 3.81. The van der Waals surface area contributed by atoms with E-state index < -0.39 is 0 Å². The average Bonchev–Trinajstić information content (AvgIpc) is 3.16. The second-order valence-electron chi connectivity index (χ2n) is 5.32. The molecule has 1 saturated carbocycles. The van der Waals surface area contributed by atoms with Crippen molar-refractivity contribution in [2.75, 3.05) is 13.6 Å². The van der Waals surface area contributed by atoms with Crippen LogP contribution < -0.4 is 0 Å². The van der Waals surface area contributed by atoms with E-state index in [1.807, 2.05) is 19.2 Å². The predicted octanol–water partition coefficient (Wildman–Crippen LogP) is 2.98. The van der Waals surface area contributed by atoms with E-state index in [4.69, 9.17) is 0 Å². The SMILES string of the molecule is CCC(c1ccc(F)cc1)N(C)CC(O)C1CC1. The first-order valence-corrected chi connectivity index (χ1v) is 6.75. The van der Waals surface area contributed by atoms with Gasteiger partial charge in [-0.05, 0) is 49.9 Å². The first-order chi connectivity index (χ1) is 8.61. The third kappa shape index (κ3) is 3.30. The molecule has 2 atom stereocenters. The number of hydrogen-bond acceptors (Lipinski definition) is 2. The molecule has 2 rings (SSSR count). The Bertz CT molecular complexity index is 375. The summed E-state index contributed by atoms with van der Waals surface area (Å²) in [5, 5.41) is 9.99. The van der Waals surface area contributed by atoms with Crippen LogP contribution in [-0.2, 0) is 0 Å². The predicted molar refractivity (Wildman–Crippen MR) is 70.8 cm³/mol. The van der Waals surface area contributed by atoms with Gasteiger partial charge in [-0.1, -0.05) is 19.1 Å². The Hall–Kier alpha value is -0.930. The lowest BCUT2D eigenvalue weighted by Crippen LogP contribution is -2.33. The molecule has 0 radical (unpaired) electrons. The number of likely N-dealkylation sites (N-methyl/N-ethyl adjacent to an activating group) is 1. The molecule has 2 nitrogen and oxygen atoms in total. The molecule has 1 aromatic carbocycles. The summed E-state index contributed by atoms with van der Waals surface area (Å²) >= 11 is 0. The van der Waals surface area contributed by atoms with Crippen LogP contribution in [0.25, 0.3) is 0 Å². The second-order valence-corrected chi connectivity index (χ2v) is 5.32. The van der Waals surface area contributed by atoms with Crippen molar-refractivity contribution in [3.05, 3.63) is 35.6 Å². The standard InChI is InChI=1S/C15H22FNO/c1-3-14(11-6-8-13(16)9-7-11)17(2)10-15(18)12-4-5-12/h6-9,12,14-15,18H,3-5,10H2,1-2H3. The van der Waals surface area contributed by atoms with Crippen LogP contribution in [0, 0.1) is 11.7 Å². The van der Waals surface area contributed by atoms with E-state index in [1.54, 1.807) is 0 Å². The average molecular weight is 251 g/mol. The van der Waals surface area contributed by atoms with Gasteiger partial charge >= 0.3 is 0 Å². The quantitative estimate of drug-likeness (QED) is 0.840. The topological polar surface area (TPSA) is 23.5 Å². The fourth-order valence-corrected chi connectivity index (χ4v) is 2.54. The minimum atomic E-state index is -0.218. The van der Waals surface area contributed by atoms with Crippen molar-refractivity contribution in [3.63, 3.8) is 0 Å². The second kappa shape index (κ2) is 5.81. The van der Waals surface area contributed by atoms with Gasteiger partial charge in [-0.2, -0.15) is 0 Å². The maximum Gasteiger partial charge on any atom is 0.123 e. The van der Waals surface area contributed by atoms with Crippen LogP contribution >= 0.6 is 0 Å². The summed E-state index contributed by atoms with van der Waals surface area (Å²) in [5.41, 5.74) is 1.12. The minimum Gasteiger partial charge on any atom is -0.392 e. The Labute approximate surface area is 108 Å². The summed E-state index contributed by atoms with van der Waals surface area (Å²) < 4.78 is 12.9. The summed E-state index contributed by atoms with van der Waals surface area (Å²) in [4.78, 5) is 2.18. The zero-order valence-electron chi connectivity index (χ0n) is 11.1. The highest BCUT2D eigenvalue weighted by atomic mass is 19.1. The highest BCUT2D eigenvalue weighted by Gasteiger charge is 2.31. The van der Waals surface area contributed by atoms with Crippen molar-refractivity contribution in [2.24, 2.45) is 5.92 Å². The van der Waals surface area contributed by atoms with Gasteiger partial charge in [-0.25, -0.2) is 4.39 Å². The number of hydrogen-bond donors (Lipinski definition) is 1. The van der Waals surface area contributed by atoms with Crippen LogP contribution in [-0.4, -0.2) is 29.7 Å². The van der Waals surface area contributed by atoms with Crippen molar-refractivity contribution in [1.82, 2.24) is 4.90 Å². The fourth-order valence-electron chi connectivity index (χ4n) is 2.54. The lowest BCUT2D eigenvalue weighted by molar-refractivity contribution is 0.0863. The largest absolute Gasteiger partial charge is 0.392 e. The molecular weight excluding hydrogens is 229 g/mol. The van der Waals surface area contributed by atoms with Crippen molar-refractivity contribution in [2.45, 2.75) is 38.3 Å². The number of halogens is 1.